The average molecular weight is 374 g/mol. The molecule has 0 heterocycles. The van der Waals surface area contributed by atoms with Crippen LogP contribution in [0.15, 0.2) is 16.6 Å². The Hall–Kier alpha value is -0.590. The van der Waals surface area contributed by atoms with E-state index in [1.807, 2.05) is 0 Å². The maximum absolute atomic E-state index is 11.9. The van der Waals surface area contributed by atoms with E-state index >= 15 is 0 Å². The molecule has 0 N–H and O–H groups in total. The summed E-state index contributed by atoms with van der Waals surface area (Å²) in [4.78, 5) is 0. The van der Waals surface area contributed by atoms with E-state index in [9.17, 15) is 8.78 Å². The van der Waals surface area contributed by atoms with Crippen molar-refractivity contribution in [1.82, 2.24) is 0 Å². The van der Waals surface area contributed by atoms with Crippen molar-refractivity contribution in [2.45, 2.75) is 18.2 Å². The zero-order valence-corrected chi connectivity index (χ0v) is 13.5. The number of hydrogen-bond donors (Lipinski definition) is 0. The molecule has 0 aliphatic carbocycles. The fourth-order valence-corrected chi connectivity index (χ4v) is 2.62. The van der Waals surface area contributed by atoms with Crippen molar-refractivity contribution >= 4 is 27.5 Å². The van der Waals surface area contributed by atoms with Gasteiger partial charge in [-0.2, -0.15) is 0 Å². The van der Waals surface area contributed by atoms with Crippen LogP contribution in [0.25, 0.3) is 0 Å². The molecule has 1 unspecified atom stereocenters. The van der Waals surface area contributed by atoms with Crippen LogP contribution >= 0.6 is 27.5 Å². The highest BCUT2D eigenvalue weighted by Gasteiger charge is 2.16. The largest absolute Gasteiger partial charge is 0.493 e. The van der Waals surface area contributed by atoms with Gasteiger partial charge < -0.3 is 14.2 Å². The maximum atomic E-state index is 11.9. The fourth-order valence-electron chi connectivity index (χ4n) is 1.62. The highest BCUT2D eigenvalue weighted by Crippen LogP contribution is 2.39. The van der Waals surface area contributed by atoms with Gasteiger partial charge in [0.25, 0.3) is 6.43 Å². The van der Waals surface area contributed by atoms with Crippen LogP contribution in [0.3, 0.4) is 0 Å². The third-order valence-corrected chi connectivity index (χ3v) is 3.74. The van der Waals surface area contributed by atoms with E-state index in [-0.39, 0.29) is 12.0 Å². The Kier molecular flexibility index (Phi) is 7.55. The van der Waals surface area contributed by atoms with Crippen molar-refractivity contribution in [2.75, 3.05) is 27.4 Å². The van der Waals surface area contributed by atoms with Crippen molar-refractivity contribution < 1.29 is 23.0 Å². The minimum Gasteiger partial charge on any atom is -0.493 e. The molecule has 0 bridgehead atoms. The minimum atomic E-state index is -2.46. The second-order valence-electron chi connectivity index (χ2n) is 3.95. The van der Waals surface area contributed by atoms with E-state index in [1.165, 1.54) is 7.11 Å². The number of rotatable bonds is 8. The van der Waals surface area contributed by atoms with Crippen molar-refractivity contribution in [3.8, 4) is 11.5 Å². The van der Waals surface area contributed by atoms with Crippen LogP contribution in [-0.4, -0.2) is 33.9 Å². The number of hydrogen-bond acceptors (Lipinski definition) is 3. The van der Waals surface area contributed by atoms with Crippen LogP contribution in [-0.2, 0) is 4.74 Å². The number of benzene rings is 1. The monoisotopic (exact) mass is 372 g/mol. The third kappa shape index (κ3) is 5.07. The molecule has 0 amide bonds. The van der Waals surface area contributed by atoms with Gasteiger partial charge in [0.15, 0.2) is 11.5 Å². The SMILES string of the molecule is COc1cc(Br)c(C(Cl)CCOCC(F)F)cc1OC. The summed E-state index contributed by atoms with van der Waals surface area (Å²) in [6.45, 7) is -0.407. The highest BCUT2D eigenvalue weighted by molar-refractivity contribution is 9.10. The molecule has 0 radical (unpaired) electrons. The first-order valence-electron chi connectivity index (χ1n) is 5.91. The van der Waals surface area contributed by atoms with Crippen LogP contribution in [0.5, 0.6) is 11.5 Å². The van der Waals surface area contributed by atoms with E-state index < -0.39 is 13.0 Å². The lowest BCUT2D eigenvalue weighted by Crippen LogP contribution is -2.07. The van der Waals surface area contributed by atoms with Gasteiger partial charge in [-0.1, -0.05) is 15.9 Å². The van der Waals surface area contributed by atoms with Gasteiger partial charge in [-0.15, -0.1) is 11.6 Å². The number of methoxy groups -OCH3 is 2. The van der Waals surface area contributed by atoms with E-state index in [2.05, 4.69) is 15.9 Å². The van der Waals surface area contributed by atoms with Crippen LogP contribution < -0.4 is 9.47 Å². The molecule has 1 aromatic rings. The van der Waals surface area contributed by atoms with Crippen molar-refractivity contribution in [3.63, 3.8) is 0 Å². The molecule has 0 aromatic heterocycles. The first-order chi connectivity index (χ1) is 9.49. The van der Waals surface area contributed by atoms with Crippen LogP contribution in [0.2, 0.25) is 0 Å². The lowest BCUT2D eigenvalue weighted by Gasteiger charge is -2.15. The molecule has 1 atom stereocenters. The van der Waals surface area contributed by atoms with Gasteiger partial charge in [-0.05, 0) is 24.1 Å². The van der Waals surface area contributed by atoms with Gasteiger partial charge >= 0.3 is 0 Å². The van der Waals surface area contributed by atoms with E-state index in [4.69, 9.17) is 25.8 Å². The molecular weight excluding hydrogens is 357 g/mol. The summed E-state index contributed by atoms with van der Waals surface area (Å²) in [5.74, 6) is 1.14. The molecule has 0 fully saturated rings. The second-order valence-corrected chi connectivity index (χ2v) is 5.33. The Morgan fingerprint density at radius 1 is 1.20 bits per heavy atom. The summed E-state index contributed by atoms with van der Waals surface area (Å²) in [6, 6.07) is 3.51. The van der Waals surface area contributed by atoms with Crippen molar-refractivity contribution in [3.05, 3.63) is 22.2 Å². The van der Waals surface area contributed by atoms with E-state index in [1.54, 1.807) is 19.2 Å². The van der Waals surface area contributed by atoms with Gasteiger partial charge in [-0.25, -0.2) is 8.78 Å². The van der Waals surface area contributed by atoms with Gasteiger partial charge in [0, 0.05) is 11.1 Å². The Morgan fingerprint density at radius 3 is 2.35 bits per heavy atom. The van der Waals surface area contributed by atoms with Gasteiger partial charge in [-0.3, -0.25) is 0 Å². The van der Waals surface area contributed by atoms with Crippen LogP contribution in [0.4, 0.5) is 8.78 Å². The second kappa shape index (κ2) is 8.64. The lowest BCUT2D eigenvalue weighted by molar-refractivity contribution is 0.0165. The number of halogens is 4. The normalized spacial score (nSPS) is 12.6. The first-order valence-corrected chi connectivity index (χ1v) is 7.14. The molecule has 0 saturated heterocycles. The standard InChI is InChI=1S/C13H16BrClF2O3/c1-18-11-5-8(9(14)6-12(11)19-2)10(15)3-4-20-7-13(16)17/h5-6,10,13H,3-4,7H2,1-2H3. The molecule has 20 heavy (non-hydrogen) atoms. The molecule has 0 spiro atoms. The summed E-state index contributed by atoms with van der Waals surface area (Å²) in [6.07, 6.45) is -2.04. The van der Waals surface area contributed by atoms with Crippen molar-refractivity contribution in [2.24, 2.45) is 0 Å². The number of alkyl halides is 3. The molecule has 0 saturated carbocycles. The Balaban J connectivity index is 2.69. The van der Waals surface area contributed by atoms with Crippen LogP contribution in [0, 0.1) is 0 Å². The van der Waals surface area contributed by atoms with Crippen molar-refractivity contribution in [1.29, 1.82) is 0 Å². The zero-order chi connectivity index (χ0) is 15.1. The quantitative estimate of drug-likeness (QED) is 0.499. The third-order valence-electron chi connectivity index (χ3n) is 2.60. The molecular formula is C13H16BrClF2O3. The summed E-state index contributed by atoms with van der Waals surface area (Å²) in [5.41, 5.74) is 0.796. The van der Waals surface area contributed by atoms with Gasteiger partial charge in [0.2, 0.25) is 0 Å². The minimum absolute atomic E-state index is 0.166. The summed E-state index contributed by atoms with van der Waals surface area (Å²) in [5, 5.41) is -0.373. The molecule has 1 rings (SSSR count). The molecule has 3 nitrogen and oxygen atoms in total. The molecule has 1 aromatic carbocycles. The van der Waals surface area contributed by atoms with Gasteiger partial charge in [0.1, 0.15) is 6.61 Å². The Morgan fingerprint density at radius 2 is 1.80 bits per heavy atom. The topological polar surface area (TPSA) is 27.7 Å². The summed E-state index contributed by atoms with van der Waals surface area (Å²) < 4.78 is 39.8. The molecule has 0 aliphatic rings. The average Bonchev–Trinajstić information content (AvgIpc) is 2.42. The predicted molar refractivity (Wildman–Crippen MR) is 77.3 cm³/mol. The first kappa shape index (κ1) is 17.5. The van der Waals surface area contributed by atoms with Gasteiger partial charge in [0.05, 0.1) is 19.6 Å². The number of ether oxygens (including phenoxy) is 3. The Bertz CT molecular complexity index is 432. The molecule has 0 aliphatic heterocycles. The fraction of sp³-hybridized carbons (Fsp3) is 0.538. The molecule has 114 valence electrons. The van der Waals surface area contributed by atoms with E-state index in [0.717, 1.165) is 10.0 Å². The summed E-state index contributed by atoms with van der Waals surface area (Å²) in [7, 11) is 3.07. The summed E-state index contributed by atoms with van der Waals surface area (Å²) >= 11 is 9.66. The highest BCUT2D eigenvalue weighted by atomic mass is 79.9. The molecule has 7 heteroatoms. The Labute approximate surface area is 130 Å². The van der Waals surface area contributed by atoms with E-state index in [0.29, 0.717) is 17.9 Å². The predicted octanol–water partition coefficient (Wildman–Crippen LogP) is 4.42. The smallest absolute Gasteiger partial charge is 0.261 e. The zero-order valence-electron chi connectivity index (χ0n) is 11.2. The van der Waals surface area contributed by atoms with Crippen LogP contribution in [0.1, 0.15) is 17.4 Å². The maximum Gasteiger partial charge on any atom is 0.261 e. The lowest BCUT2D eigenvalue weighted by atomic mass is 10.1.